The number of rotatable bonds is 8. The summed E-state index contributed by atoms with van der Waals surface area (Å²) in [6.45, 7) is 4.31. The van der Waals surface area contributed by atoms with Gasteiger partial charge in [-0.1, -0.05) is 163 Å². The molecule has 0 bridgehead atoms. The van der Waals surface area contributed by atoms with Crippen LogP contribution in [0.2, 0.25) is 0 Å². The minimum Gasteiger partial charge on any atom is -0.338 e. The van der Waals surface area contributed by atoms with Crippen molar-refractivity contribution in [1.29, 1.82) is 0 Å². The summed E-state index contributed by atoms with van der Waals surface area (Å²) in [5.74, 6) is 0.569. The van der Waals surface area contributed by atoms with E-state index in [9.17, 15) is 0 Å². The summed E-state index contributed by atoms with van der Waals surface area (Å²) < 4.78 is 0. The summed E-state index contributed by atoms with van der Waals surface area (Å²) in [4.78, 5) is 2.62. The van der Waals surface area contributed by atoms with E-state index in [0.717, 1.165) is 0 Å². The summed E-state index contributed by atoms with van der Waals surface area (Å²) in [6.07, 6.45) is 12.8. The number of benzene rings is 6. The minimum atomic E-state index is 0.515. The zero-order chi connectivity index (χ0) is 33.9. The molecule has 2 atom stereocenters. The molecule has 6 aromatic carbocycles. The van der Waals surface area contributed by atoms with Crippen molar-refractivity contribution >= 4 is 34.7 Å². The number of allylic oxidation sites excluding steroid dienone is 2. The highest BCUT2D eigenvalue weighted by Crippen LogP contribution is 2.52. The lowest BCUT2D eigenvalue weighted by molar-refractivity contribution is 0.642. The highest BCUT2D eigenvalue weighted by atomic mass is 15.2. The van der Waals surface area contributed by atoms with Gasteiger partial charge in [0.2, 0.25) is 0 Å². The number of hydrogen-bond donors (Lipinski definition) is 0. The van der Waals surface area contributed by atoms with Crippen molar-refractivity contribution in [2.75, 3.05) is 4.90 Å². The van der Waals surface area contributed by atoms with E-state index in [0.29, 0.717) is 12.0 Å². The van der Waals surface area contributed by atoms with Gasteiger partial charge in [-0.05, 0) is 107 Å². The molecule has 1 heteroatoms. The molecule has 0 aromatic heterocycles. The molecular weight excluding hydrogens is 603 g/mol. The van der Waals surface area contributed by atoms with Crippen LogP contribution in [0, 0.1) is 13.8 Å². The van der Waals surface area contributed by atoms with Gasteiger partial charge >= 0.3 is 0 Å². The van der Waals surface area contributed by atoms with Crippen LogP contribution in [0.1, 0.15) is 75.3 Å². The van der Waals surface area contributed by atoms with E-state index < -0.39 is 0 Å². The van der Waals surface area contributed by atoms with E-state index in [1.165, 1.54) is 91.9 Å². The maximum atomic E-state index is 2.62. The molecule has 50 heavy (non-hydrogen) atoms. The van der Waals surface area contributed by atoms with Crippen molar-refractivity contribution < 1.29 is 0 Å². The van der Waals surface area contributed by atoms with Gasteiger partial charge in [0.05, 0.1) is 0 Å². The largest absolute Gasteiger partial charge is 0.338 e. The molecule has 1 fully saturated rings. The number of nitrogens with zero attached hydrogens (tertiary/aromatic N) is 1. The summed E-state index contributed by atoms with van der Waals surface area (Å²) in [6, 6.07) is 56.0. The molecule has 1 aliphatic carbocycles. The molecular formula is C49H43N. The van der Waals surface area contributed by atoms with Crippen LogP contribution in [0.4, 0.5) is 11.4 Å². The quantitative estimate of drug-likeness (QED) is 0.118. The summed E-state index contributed by atoms with van der Waals surface area (Å²) in [5.41, 5.74) is 16.6. The standard InChI is InChI=1S/C49H43N/c1-35-19-26-41(27-20-35)46(42-28-21-36(2)22-29-42)33-38-25-32-49-47(34-38)45-17-10-18-48(45)50(49)43-30-23-37(24-31-43)11-9-16-44(39-12-5-3-6-13-39)40-14-7-4-8-15-40/h3-9,11-16,19-34,45,48H,10,17-18H2,1-2H3/b11-9+. The van der Waals surface area contributed by atoms with E-state index >= 15 is 0 Å². The Balaban J connectivity index is 1.08. The van der Waals surface area contributed by atoms with Crippen molar-refractivity contribution in [3.8, 4) is 0 Å². The Bertz CT molecular complexity index is 2080. The van der Waals surface area contributed by atoms with Crippen molar-refractivity contribution in [2.45, 2.75) is 45.1 Å². The Kier molecular flexibility index (Phi) is 8.88. The van der Waals surface area contributed by atoms with Crippen LogP contribution in [0.15, 0.2) is 164 Å². The van der Waals surface area contributed by atoms with E-state index in [1.807, 2.05) is 0 Å². The van der Waals surface area contributed by atoms with Crippen molar-refractivity contribution in [3.05, 3.63) is 214 Å². The van der Waals surface area contributed by atoms with Crippen LogP contribution in [0.25, 0.3) is 23.3 Å². The van der Waals surface area contributed by atoms with Gasteiger partial charge in [-0.2, -0.15) is 0 Å². The fourth-order valence-electron chi connectivity index (χ4n) is 7.86. The fourth-order valence-corrected chi connectivity index (χ4v) is 7.86. The van der Waals surface area contributed by atoms with E-state index in [-0.39, 0.29) is 0 Å². The van der Waals surface area contributed by atoms with Crippen molar-refractivity contribution in [2.24, 2.45) is 0 Å². The van der Waals surface area contributed by atoms with Crippen LogP contribution in [0.3, 0.4) is 0 Å². The van der Waals surface area contributed by atoms with Gasteiger partial charge in [0.25, 0.3) is 0 Å². The normalized spacial score (nSPS) is 16.2. The molecule has 1 nitrogen and oxygen atoms in total. The molecule has 2 aliphatic rings. The predicted octanol–water partition coefficient (Wildman–Crippen LogP) is 12.8. The Labute approximate surface area is 297 Å². The average Bonchev–Trinajstić information content (AvgIpc) is 3.76. The Morgan fingerprint density at radius 2 is 1.12 bits per heavy atom. The fraction of sp³-hybridized carbons (Fsp3) is 0.143. The van der Waals surface area contributed by atoms with Gasteiger partial charge < -0.3 is 4.90 Å². The highest BCUT2D eigenvalue weighted by Gasteiger charge is 2.42. The van der Waals surface area contributed by atoms with Crippen LogP contribution in [-0.2, 0) is 0 Å². The van der Waals surface area contributed by atoms with Gasteiger partial charge in [0, 0.05) is 23.3 Å². The van der Waals surface area contributed by atoms with Gasteiger partial charge in [-0.3, -0.25) is 0 Å². The molecule has 6 aromatic rings. The lowest BCUT2D eigenvalue weighted by Crippen LogP contribution is -2.26. The van der Waals surface area contributed by atoms with E-state index in [4.69, 9.17) is 0 Å². The third-order valence-corrected chi connectivity index (χ3v) is 10.5. The van der Waals surface area contributed by atoms with Gasteiger partial charge in [-0.15, -0.1) is 0 Å². The third kappa shape index (κ3) is 6.52. The molecule has 0 spiro atoms. The molecule has 1 saturated carbocycles. The third-order valence-electron chi connectivity index (χ3n) is 10.5. The second kappa shape index (κ2) is 14.1. The molecule has 244 valence electrons. The Morgan fingerprint density at radius 1 is 0.560 bits per heavy atom. The minimum absolute atomic E-state index is 0.515. The molecule has 0 saturated heterocycles. The number of aryl methyl sites for hydroxylation is 2. The van der Waals surface area contributed by atoms with Crippen LogP contribution in [-0.4, -0.2) is 6.04 Å². The monoisotopic (exact) mass is 645 g/mol. The Morgan fingerprint density at radius 3 is 1.72 bits per heavy atom. The first kappa shape index (κ1) is 31.6. The van der Waals surface area contributed by atoms with E-state index in [2.05, 4.69) is 195 Å². The summed E-state index contributed by atoms with van der Waals surface area (Å²) in [7, 11) is 0. The molecule has 0 radical (unpaired) electrons. The van der Waals surface area contributed by atoms with Crippen molar-refractivity contribution in [1.82, 2.24) is 0 Å². The predicted molar refractivity (Wildman–Crippen MR) is 214 cm³/mol. The first-order valence-corrected chi connectivity index (χ1v) is 18.0. The lowest BCUT2D eigenvalue weighted by atomic mass is 9.92. The number of hydrogen-bond acceptors (Lipinski definition) is 1. The molecule has 1 aliphatic heterocycles. The second-order valence-electron chi connectivity index (χ2n) is 13.8. The average molecular weight is 646 g/mol. The molecule has 0 amide bonds. The van der Waals surface area contributed by atoms with Gasteiger partial charge in [-0.25, -0.2) is 0 Å². The smallest absolute Gasteiger partial charge is 0.0450 e. The van der Waals surface area contributed by atoms with Crippen molar-refractivity contribution in [3.63, 3.8) is 0 Å². The van der Waals surface area contributed by atoms with Crippen LogP contribution in [0.5, 0.6) is 0 Å². The maximum absolute atomic E-state index is 2.62. The van der Waals surface area contributed by atoms with Gasteiger partial charge in [0.1, 0.15) is 0 Å². The zero-order valence-corrected chi connectivity index (χ0v) is 29.0. The molecule has 8 rings (SSSR count). The number of anilines is 2. The van der Waals surface area contributed by atoms with E-state index in [1.54, 1.807) is 0 Å². The summed E-state index contributed by atoms with van der Waals surface area (Å²) >= 11 is 0. The molecule has 0 N–H and O–H groups in total. The number of fused-ring (bicyclic) bond motifs is 3. The maximum Gasteiger partial charge on any atom is 0.0450 e. The SMILES string of the molecule is Cc1ccc(C(=Cc2ccc3c(c2)C2CCCC2N3c2ccc(/C=C/C=C(c3ccccc3)c3ccccc3)cc2)c2ccc(C)cc2)cc1. The first-order valence-electron chi connectivity index (χ1n) is 18.0. The zero-order valence-electron chi connectivity index (χ0n) is 29.0. The van der Waals surface area contributed by atoms with Crippen LogP contribution < -0.4 is 4.90 Å². The topological polar surface area (TPSA) is 3.24 Å². The first-order chi connectivity index (χ1) is 24.6. The lowest BCUT2D eigenvalue weighted by Gasteiger charge is -2.27. The molecule has 2 unspecified atom stereocenters. The second-order valence-corrected chi connectivity index (χ2v) is 13.8. The molecule has 1 heterocycles. The Hall–Kier alpha value is -5.66. The summed E-state index contributed by atoms with van der Waals surface area (Å²) in [5, 5.41) is 0. The van der Waals surface area contributed by atoms with Gasteiger partial charge in [0.15, 0.2) is 0 Å². The van der Waals surface area contributed by atoms with Crippen LogP contribution >= 0.6 is 0 Å². The highest BCUT2D eigenvalue weighted by molar-refractivity contribution is 5.92.